The third-order valence-electron chi connectivity index (χ3n) is 3.81. The zero-order valence-corrected chi connectivity index (χ0v) is 11.5. The third kappa shape index (κ3) is 3.22. The highest BCUT2D eigenvalue weighted by Crippen LogP contribution is 2.28. The minimum Gasteiger partial charge on any atom is -0.399 e. The molecule has 108 valence electrons. The molecule has 1 saturated carbocycles. The second kappa shape index (κ2) is 5.71. The first-order chi connectivity index (χ1) is 9.72. The molecular formula is C15H21N3O2. The Hall–Kier alpha value is -1.75. The summed E-state index contributed by atoms with van der Waals surface area (Å²) in [6.45, 7) is 1.99. The second-order valence-corrected chi connectivity index (χ2v) is 5.61. The van der Waals surface area contributed by atoms with Gasteiger partial charge in [-0.25, -0.2) is 4.79 Å². The standard InChI is InChI=1S/C15H21N3O2/c16-12-3-1-2-11(8-12)9-18(14-4-5-14)15(19)17-13-6-7-20-10-13/h1-3,8,13-14H,4-7,9-10,16H2,(H,17,19). The van der Waals surface area contributed by atoms with Gasteiger partial charge < -0.3 is 20.7 Å². The van der Waals surface area contributed by atoms with E-state index in [-0.39, 0.29) is 12.1 Å². The SMILES string of the molecule is Nc1cccc(CN(C(=O)NC2CCOC2)C2CC2)c1. The van der Waals surface area contributed by atoms with Crippen LogP contribution in [0.3, 0.4) is 0 Å². The van der Waals surface area contributed by atoms with Gasteiger partial charge in [0.2, 0.25) is 0 Å². The average molecular weight is 275 g/mol. The Morgan fingerprint density at radius 1 is 1.40 bits per heavy atom. The number of amides is 2. The summed E-state index contributed by atoms with van der Waals surface area (Å²) in [6, 6.07) is 8.28. The molecule has 1 aliphatic carbocycles. The number of rotatable bonds is 4. The molecule has 1 aromatic rings. The van der Waals surface area contributed by atoms with Crippen molar-refractivity contribution in [2.75, 3.05) is 18.9 Å². The molecule has 5 nitrogen and oxygen atoms in total. The fourth-order valence-corrected chi connectivity index (χ4v) is 2.55. The number of carbonyl (C=O) groups is 1. The number of hydrogen-bond acceptors (Lipinski definition) is 3. The molecule has 2 amide bonds. The molecule has 1 atom stereocenters. The number of urea groups is 1. The maximum atomic E-state index is 12.4. The lowest BCUT2D eigenvalue weighted by Gasteiger charge is -2.25. The lowest BCUT2D eigenvalue weighted by Crippen LogP contribution is -2.45. The first kappa shape index (κ1) is 13.2. The highest BCUT2D eigenvalue weighted by molar-refractivity contribution is 5.75. The summed E-state index contributed by atoms with van der Waals surface area (Å²) in [5, 5.41) is 3.07. The number of nitrogens with one attached hydrogen (secondary N) is 1. The van der Waals surface area contributed by atoms with Crippen LogP contribution >= 0.6 is 0 Å². The number of nitrogens with zero attached hydrogens (tertiary/aromatic N) is 1. The van der Waals surface area contributed by atoms with Gasteiger partial charge in [0.1, 0.15) is 0 Å². The van der Waals surface area contributed by atoms with Crippen molar-refractivity contribution in [2.45, 2.75) is 37.9 Å². The summed E-state index contributed by atoms with van der Waals surface area (Å²) < 4.78 is 5.30. The Morgan fingerprint density at radius 2 is 2.25 bits per heavy atom. The van der Waals surface area contributed by atoms with Gasteiger partial charge in [0.25, 0.3) is 0 Å². The monoisotopic (exact) mass is 275 g/mol. The maximum absolute atomic E-state index is 12.4. The summed E-state index contributed by atoms with van der Waals surface area (Å²) in [6.07, 6.45) is 3.09. The average Bonchev–Trinajstić information content (AvgIpc) is 3.14. The predicted molar refractivity (Wildman–Crippen MR) is 77.2 cm³/mol. The number of anilines is 1. The van der Waals surface area contributed by atoms with Gasteiger partial charge in [-0.2, -0.15) is 0 Å². The van der Waals surface area contributed by atoms with Gasteiger partial charge in [0, 0.05) is 24.9 Å². The van der Waals surface area contributed by atoms with E-state index in [1.807, 2.05) is 29.2 Å². The normalized spacial score (nSPS) is 21.7. The Labute approximate surface area is 119 Å². The zero-order chi connectivity index (χ0) is 13.9. The van der Waals surface area contributed by atoms with Crippen LogP contribution in [-0.2, 0) is 11.3 Å². The first-order valence-electron chi connectivity index (χ1n) is 7.21. The molecule has 1 saturated heterocycles. The van der Waals surface area contributed by atoms with E-state index in [2.05, 4.69) is 5.32 Å². The molecule has 0 aromatic heterocycles. The van der Waals surface area contributed by atoms with Gasteiger partial charge >= 0.3 is 6.03 Å². The van der Waals surface area contributed by atoms with Crippen LogP contribution in [0.5, 0.6) is 0 Å². The largest absolute Gasteiger partial charge is 0.399 e. The van der Waals surface area contributed by atoms with Crippen molar-refractivity contribution in [3.63, 3.8) is 0 Å². The Morgan fingerprint density at radius 3 is 2.90 bits per heavy atom. The molecule has 0 spiro atoms. The van der Waals surface area contributed by atoms with Gasteiger partial charge in [-0.1, -0.05) is 12.1 Å². The molecule has 3 N–H and O–H groups in total. The van der Waals surface area contributed by atoms with Crippen molar-refractivity contribution >= 4 is 11.7 Å². The Kier molecular flexibility index (Phi) is 3.78. The molecule has 1 aliphatic heterocycles. The van der Waals surface area contributed by atoms with Crippen LogP contribution in [0.25, 0.3) is 0 Å². The van der Waals surface area contributed by atoms with E-state index in [1.165, 1.54) is 0 Å². The number of nitrogens with two attached hydrogens (primary N) is 1. The van der Waals surface area contributed by atoms with E-state index in [9.17, 15) is 4.79 Å². The molecular weight excluding hydrogens is 254 g/mol. The molecule has 20 heavy (non-hydrogen) atoms. The minimum absolute atomic E-state index is 0.0189. The molecule has 5 heteroatoms. The Bertz CT molecular complexity index is 482. The van der Waals surface area contributed by atoms with Gasteiger partial charge in [-0.3, -0.25) is 0 Å². The molecule has 1 heterocycles. The fourth-order valence-electron chi connectivity index (χ4n) is 2.55. The van der Waals surface area contributed by atoms with Crippen molar-refractivity contribution in [1.29, 1.82) is 0 Å². The summed E-state index contributed by atoms with van der Waals surface area (Å²) >= 11 is 0. The number of ether oxygens (including phenoxy) is 1. The van der Waals surface area contributed by atoms with Crippen molar-refractivity contribution in [2.24, 2.45) is 0 Å². The topological polar surface area (TPSA) is 67.6 Å². The van der Waals surface area contributed by atoms with Crippen LogP contribution in [0.2, 0.25) is 0 Å². The van der Waals surface area contributed by atoms with Gasteiger partial charge in [-0.05, 0) is 37.0 Å². The van der Waals surface area contributed by atoms with Crippen LogP contribution in [0.1, 0.15) is 24.8 Å². The van der Waals surface area contributed by atoms with Crippen LogP contribution in [0, 0.1) is 0 Å². The predicted octanol–water partition coefficient (Wildman–Crippen LogP) is 1.73. The number of nitrogen functional groups attached to an aromatic ring is 1. The van der Waals surface area contributed by atoms with Gasteiger partial charge in [-0.15, -0.1) is 0 Å². The molecule has 3 rings (SSSR count). The van der Waals surface area contributed by atoms with E-state index in [0.717, 1.165) is 37.1 Å². The smallest absolute Gasteiger partial charge is 0.318 e. The lowest BCUT2D eigenvalue weighted by molar-refractivity contribution is 0.174. The fraction of sp³-hybridized carbons (Fsp3) is 0.533. The summed E-state index contributed by atoms with van der Waals surface area (Å²) in [4.78, 5) is 14.3. The van der Waals surface area contributed by atoms with Crippen LogP contribution in [0.4, 0.5) is 10.5 Å². The minimum atomic E-state index is 0.0189. The van der Waals surface area contributed by atoms with Crippen LogP contribution in [0.15, 0.2) is 24.3 Å². The maximum Gasteiger partial charge on any atom is 0.318 e. The highest BCUT2D eigenvalue weighted by atomic mass is 16.5. The van der Waals surface area contributed by atoms with Crippen LogP contribution < -0.4 is 11.1 Å². The lowest BCUT2D eigenvalue weighted by atomic mass is 10.2. The van der Waals surface area contributed by atoms with E-state index in [1.54, 1.807) is 0 Å². The van der Waals surface area contributed by atoms with Gasteiger partial charge in [0.05, 0.1) is 12.6 Å². The van der Waals surface area contributed by atoms with E-state index < -0.39 is 0 Å². The first-order valence-corrected chi connectivity index (χ1v) is 7.21. The number of benzene rings is 1. The van der Waals surface area contributed by atoms with E-state index in [4.69, 9.17) is 10.5 Å². The van der Waals surface area contributed by atoms with E-state index >= 15 is 0 Å². The highest BCUT2D eigenvalue weighted by Gasteiger charge is 2.33. The molecule has 0 bridgehead atoms. The quantitative estimate of drug-likeness (QED) is 0.822. The van der Waals surface area contributed by atoms with Gasteiger partial charge in [0.15, 0.2) is 0 Å². The zero-order valence-electron chi connectivity index (χ0n) is 11.5. The number of carbonyl (C=O) groups excluding carboxylic acids is 1. The van der Waals surface area contributed by atoms with Crippen LogP contribution in [-0.4, -0.2) is 36.2 Å². The molecule has 1 aromatic carbocycles. The summed E-state index contributed by atoms with van der Waals surface area (Å²) in [5.74, 6) is 0. The molecule has 1 unspecified atom stereocenters. The van der Waals surface area contributed by atoms with Crippen molar-refractivity contribution in [3.8, 4) is 0 Å². The number of hydrogen-bond donors (Lipinski definition) is 2. The van der Waals surface area contributed by atoms with Crippen molar-refractivity contribution in [3.05, 3.63) is 29.8 Å². The van der Waals surface area contributed by atoms with E-state index in [0.29, 0.717) is 19.2 Å². The molecule has 2 aliphatic rings. The molecule has 2 fully saturated rings. The summed E-state index contributed by atoms with van der Waals surface area (Å²) in [7, 11) is 0. The molecule has 0 radical (unpaired) electrons. The summed E-state index contributed by atoms with van der Waals surface area (Å²) in [5.41, 5.74) is 7.62. The second-order valence-electron chi connectivity index (χ2n) is 5.61. The Balaban J connectivity index is 1.64. The third-order valence-corrected chi connectivity index (χ3v) is 3.81. The van der Waals surface area contributed by atoms with Crippen molar-refractivity contribution < 1.29 is 9.53 Å². The van der Waals surface area contributed by atoms with Crippen molar-refractivity contribution in [1.82, 2.24) is 10.2 Å².